The van der Waals surface area contributed by atoms with Gasteiger partial charge in [-0.15, -0.1) is 0 Å². The van der Waals surface area contributed by atoms with E-state index >= 15 is 0 Å². The summed E-state index contributed by atoms with van der Waals surface area (Å²) in [6.45, 7) is 3.94. The molecular formula is C20H19N3O3. The third-order valence-corrected chi connectivity index (χ3v) is 4.19. The molecule has 0 fully saturated rings. The van der Waals surface area contributed by atoms with Crippen LogP contribution in [0.25, 0.3) is 5.69 Å². The SMILES string of the molecule is COc1ccc(N=Cc2cc(C)n(-c3cccc([N+](=O)[O-])c3)c2C)cc1. The van der Waals surface area contributed by atoms with E-state index in [0.29, 0.717) is 0 Å². The Morgan fingerprint density at radius 2 is 1.85 bits per heavy atom. The minimum Gasteiger partial charge on any atom is -0.497 e. The van der Waals surface area contributed by atoms with Crippen molar-refractivity contribution in [1.29, 1.82) is 0 Å². The van der Waals surface area contributed by atoms with E-state index in [0.717, 1.165) is 34.1 Å². The normalized spacial score (nSPS) is 11.0. The van der Waals surface area contributed by atoms with E-state index in [1.807, 2.05) is 54.8 Å². The number of methoxy groups -OCH3 is 1. The molecule has 0 atom stereocenters. The van der Waals surface area contributed by atoms with Gasteiger partial charge in [-0.25, -0.2) is 0 Å². The number of ether oxygens (including phenoxy) is 1. The highest BCUT2D eigenvalue weighted by Gasteiger charge is 2.12. The zero-order chi connectivity index (χ0) is 18.7. The van der Waals surface area contributed by atoms with Crippen molar-refractivity contribution in [3.8, 4) is 11.4 Å². The number of rotatable bonds is 5. The molecule has 0 saturated heterocycles. The minimum atomic E-state index is -0.385. The Hall–Kier alpha value is -3.41. The van der Waals surface area contributed by atoms with Gasteiger partial charge in [-0.3, -0.25) is 15.1 Å². The van der Waals surface area contributed by atoms with Crippen molar-refractivity contribution in [3.05, 3.63) is 81.7 Å². The summed E-state index contributed by atoms with van der Waals surface area (Å²) in [5.74, 6) is 0.785. The largest absolute Gasteiger partial charge is 0.497 e. The number of nitro benzene ring substituents is 1. The molecule has 1 aromatic heterocycles. The summed E-state index contributed by atoms with van der Waals surface area (Å²) in [6, 6.07) is 16.1. The fraction of sp³-hybridized carbons (Fsp3) is 0.150. The quantitative estimate of drug-likeness (QED) is 0.379. The van der Waals surface area contributed by atoms with Gasteiger partial charge in [0.15, 0.2) is 0 Å². The van der Waals surface area contributed by atoms with Crippen LogP contribution < -0.4 is 4.74 Å². The highest BCUT2D eigenvalue weighted by atomic mass is 16.6. The van der Waals surface area contributed by atoms with Crippen molar-refractivity contribution in [3.63, 3.8) is 0 Å². The van der Waals surface area contributed by atoms with Crippen LogP contribution in [0.4, 0.5) is 11.4 Å². The number of hydrogen-bond donors (Lipinski definition) is 0. The monoisotopic (exact) mass is 349 g/mol. The number of nitrogens with zero attached hydrogens (tertiary/aromatic N) is 3. The van der Waals surface area contributed by atoms with Gasteiger partial charge in [-0.1, -0.05) is 6.07 Å². The molecule has 3 rings (SSSR count). The average molecular weight is 349 g/mol. The molecule has 0 N–H and O–H groups in total. The molecular weight excluding hydrogens is 330 g/mol. The highest BCUT2D eigenvalue weighted by Crippen LogP contribution is 2.24. The number of benzene rings is 2. The van der Waals surface area contributed by atoms with Crippen molar-refractivity contribution in [2.45, 2.75) is 13.8 Å². The Balaban J connectivity index is 1.93. The molecule has 0 radical (unpaired) electrons. The third kappa shape index (κ3) is 3.49. The van der Waals surface area contributed by atoms with Crippen molar-refractivity contribution >= 4 is 17.6 Å². The molecule has 3 aromatic rings. The van der Waals surface area contributed by atoms with Crippen LogP contribution in [0.3, 0.4) is 0 Å². The molecule has 0 unspecified atom stereocenters. The lowest BCUT2D eigenvalue weighted by Crippen LogP contribution is -2.00. The molecule has 26 heavy (non-hydrogen) atoms. The second-order valence-corrected chi connectivity index (χ2v) is 5.90. The van der Waals surface area contributed by atoms with Crippen LogP contribution in [0.1, 0.15) is 17.0 Å². The first-order valence-electron chi connectivity index (χ1n) is 8.11. The standard InChI is InChI=1S/C20H19N3O3/c1-14-11-16(13-21-17-7-9-20(26-3)10-8-17)15(2)22(14)18-5-4-6-19(12-18)23(24)25/h4-13H,1-3H3. The fourth-order valence-electron chi connectivity index (χ4n) is 2.87. The van der Waals surface area contributed by atoms with Crippen LogP contribution in [-0.2, 0) is 0 Å². The summed E-state index contributed by atoms with van der Waals surface area (Å²) in [6.07, 6.45) is 1.80. The molecule has 0 aliphatic rings. The highest BCUT2D eigenvalue weighted by molar-refractivity contribution is 5.84. The Kier molecular flexibility index (Phi) is 4.84. The number of aliphatic imine (C=N–C) groups is 1. The van der Waals surface area contributed by atoms with Crippen molar-refractivity contribution in [2.24, 2.45) is 4.99 Å². The topological polar surface area (TPSA) is 69.7 Å². The van der Waals surface area contributed by atoms with Crippen molar-refractivity contribution in [1.82, 2.24) is 4.57 Å². The van der Waals surface area contributed by atoms with E-state index in [9.17, 15) is 10.1 Å². The number of hydrogen-bond acceptors (Lipinski definition) is 4. The van der Waals surface area contributed by atoms with Crippen molar-refractivity contribution in [2.75, 3.05) is 7.11 Å². The van der Waals surface area contributed by atoms with Crippen LogP contribution >= 0.6 is 0 Å². The molecule has 0 aliphatic heterocycles. The van der Waals surface area contributed by atoms with Crippen LogP contribution in [0.2, 0.25) is 0 Å². The smallest absolute Gasteiger partial charge is 0.271 e. The van der Waals surface area contributed by atoms with E-state index in [-0.39, 0.29) is 10.6 Å². The molecule has 0 spiro atoms. The molecule has 0 bridgehead atoms. The van der Waals surface area contributed by atoms with Gasteiger partial charge in [0.2, 0.25) is 0 Å². The van der Waals surface area contributed by atoms with Crippen molar-refractivity contribution < 1.29 is 9.66 Å². The van der Waals surface area contributed by atoms with Crippen LogP contribution in [0, 0.1) is 24.0 Å². The molecule has 0 aliphatic carbocycles. The van der Waals surface area contributed by atoms with Gasteiger partial charge in [0.25, 0.3) is 5.69 Å². The van der Waals surface area contributed by atoms with Gasteiger partial charge in [0.1, 0.15) is 5.75 Å². The number of aryl methyl sites for hydroxylation is 1. The summed E-state index contributed by atoms with van der Waals surface area (Å²) in [5, 5.41) is 11.0. The number of aromatic nitrogens is 1. The van der Waals surface area contributed by atoms with Gasteiger partial charge in [-0.05, 0) is 50.2 Å². The second kappa shape index (κ2) is 7.23. The van der Waals surface area contributed by atoms with Gasteiger partial charge < -0.3 is 9.30 Å². The van der Waals surface area contributed by atoms with Gasteiger partial charge in [-0.2, -0.15) is 0 Å². The Labute approximate surface area is 151 Å². The maximum atomic E-state index is 11.0. The fourth-order valence-corrected chi connectivity index (χ4v) is 2.87. The summed E-state index contributed by atoms with van der Waals surface area (Å²) in [4.78, 5) is 15.2. The van der Waals surface area contributed by atoms with Gasteiger partial charge >= 0.3 is 0 Å². The summed E-state index contributed by atoms with van der Waals surface area (Å²) in [7, 11) is 1.63. The molecule has 2 aromatic carbocycles. The van der Waals surface area contributed by atoms with Crippen LogP contribution in [0.15, 0.2) is 59.6 Å². The Morgan fingerprint density at radius 1 is 1.12 bits per heavy atom. The van der Waals surface area contributed by atoms with E-state index in [2.05, 4.69) is 4.99 Å². The van der Waals surface area contributed by atoms with E-state index in [1.54, 1.807) is 25.5 Å². The molecule has 6 heteroatoms. The van der Waals surface area contributed by atoms with E-state index in [4.69, 9.17) is 4.74 Å². The Bertz CT molecular complexity index is 972. The zero-order valence-electron chi connectivity index (χ0n) is 14.8. The predicted octanol–water partition coefficient (Wildman–Crippen LogP) is 4.76. The first-order valence-corrected chi connectivity index (χ1v) is 8.11. The Morgan fingerprint density at radius 3 is 2.50 bits per heavy atom. The van der Waals surface area contributed by atoms with Crippen LogP contribution in [-0.4, -0.2) is 22.8 Å². The summed E-state index contributed by atoms with van der Waals surface area (Å²) < 4.78 is 7.13. The lowest BCUT2D eigenvalue weighted by atomic mass is 10.2. The first kappa shape index (κ1) is 17.4. The van der Waals surface area contributed by atoms with Crippen LogP contribution in [0.5, 0.6) is 5.75 Å². The maximum absolute atomic E-state index is 11.0. The molecule has 1 heterocycles. The van der Waals surface area contributed by atoms with Gasteiger partial charge in [0.05, 0.1) is 23.4 Å². The third-order valence-electron chi connectivity index (χ3n) is 4.19. The molecule has 0 amide bonds. The summed E-state index contributed by atoms with van der Waals surface area (Å²) >= 11 is 0. The molecule has 132 valence electrons. The predicted molar refractivity (Wildman–Crippen MR) is 102 cm³/mol. The van der Waals surface area contributed by atoms with E-state index < -0.39 is 0 Å². The number of non-ortho nitro benzene ring substituents is 1. The minimum absolute atomic E-state index is 0.0726. The molecule has 6 nitrogen and oxygen atoms in total. The van der Waals surface area contributed by atoms with E-state index in [1.165, 1.54) is 6.07 Å². The zero-order valence-corrected chi connectivity index (χ0v) is 14.8. The number of nitro groups is 1. The first-order chi connectivity index (χ1) is 12.5. The lowest BCUT2D eigenvalue weighted by Gasteiger charge is -2.09. The molecule has 0 saturated carbocycles. The summed E-state index contributed by atoms with van der Waals surface area (Å²) in [5.41, 5.74) is 4.58. The second-order valence-electron chi connectivity index (χ2n) is 5.90. The maximum Gasteiger partial charge on any atom is 0.271 e. The average Bonchev–Trinajstić information content (AvgIpc) is 2.94. The van der Waals surface area contributed by atoms with Gasteiger partial charge in [0, 0.05) is 35.3 Å². The lowest BCUT2D eigenvalue weighted by molar-refractivity contribution is -0.384.